The molecule has 0 unspecified atom stereocenters. The van der Waals surface area contributed by atoms with Gasteiger partial charge in [0.25, 0.3) is 6.43 Å². The monoisotopic (exact) mass is 361 g/mol. The summed E-state index contributed by atoms with van der Waals surface area (Å²) in [5, 5.41) is 0. The zero-order chi connectivity index (χ0) is 15.5. The van der Waals surface area contributed by atoms with Crippen molar-refractivity contribution >= 4 is 21.9 Å². The number of carbonyl (C=O) groups is 1. The largest absolute Gasteiger partial charge is 0.466 e. The summed E-state index contributed by atoms with van der Waals surface area (Å²) in [6.45, 7) is 1.48. The molecule has 0 aromatic carbocycles. The number of ether oxygens (including phenoxy) is 1. The predicted octanol–water partition coefficient (Wildman–Crippen LogP) is 3.91. The van der Waals surface area contributed by atoms with Crippen LogP contribution in [-0.4, -0.2) is 17.6 Å². The Morgan fingerprint density at radius 3 is 2.50 bits per heavy atom. The summed E-state index contributed by atoms with van der Waals surface area (Å²) in [7, 11) is 0. The van der Waals surface area contributed by atoms with E-state index in [4.69, 9.17) is 0 Å². The van der Waals surface area contributed by atoms with Crippen LogP contribution in [0.25, 0.3) is 0 Å². The fourth-order valence-corrected chi connectivity index (χ4v) is 1.98. The fraction of sp³-hybridized carbons (Fsp3) is 0.455. The van der Waals surface area contributed by atoms with Gasteiger partial charge >= 0.3 is 12.1 Å². The van der Waals surface area contributed by atoms with E-state index in [0.29, 0.717) is 6.07 Å². The quantitative estimate of drug-likeness (QED) is 0.602. The third-order valence-electron chi connectivity index (χ3n) is 2.21. The second-order valence-electron chi connectivity index (χ2n) is 3.63. The first-order valence-electron chi connectivity index (χ1n) is 5.37. The predicted molar refractivity (Wildman–Crippen MR) is 62.2 cm³/mol. The van der Waals surface area contributed by atoms with Crippen LogP contribution < -0.4 is 0 Å². The molecule has 1 aromatic heterocycles. The Labute approximate surface area is 119 Å². The first-order chi connectivity index (χ1) is 9.16. The summed E-state index contributed by atoms with van der Waals surface area (Å²) in [5.41, 5.74) is -2.74. The van der Waals surface area contributed by atoms with Gasteiger partial charge in [0.1, 0.15) is 0 Å². The van der Waals surface area contributed by atoms with Crippen molar-refractivity contribution in [1.29, 1.82) is 0 Å². The average Bonchev–Trinajstić information content (AvgIpc) is 2.29. The summed E-state index contributed by atoms with van der Waals surface area (Å²) in [6.07, 6.45) is -8.61. The molecule has 1 heterocycles. The minimum atomic E-state index is -4.82. The molecule has 20 heavy (non-hydrogen) atoms. The Morgan fingerprint density at radius 2 is 2.05 bits per heavy atom. The first-order valence-corrected chi connectivity index (χ1v) is 6.16. The molecule has 1 rings (SSSR count). The Bertz CT molecular complexity index is 504. The highest BCUT2D eigenvalue weighted by Crippen LogP contribution is 2.36. The molecule has 112 valence electrons. The van der Waals surface area contributed by atoms with Gasteiger partial charge in [0.05, 0.1) is 18.7 Å². The molecule has 0 saturated carbocycles. The van der Waals surface area contributed by atoms with Crippen LogP contribution >= 0.6 is 15.9 Å². The van der Waals surface area contributed by atoms with Crippen LogP contribution in [0.15, 0.2) is 10.5 Å². The van der Waals surface area contributed by atoms with Crippen molar-refractivity contribution in [2.75, 3.05) is 6.61 Å². The molecule has 0 amide bonds. The second kappa shape index (κ2) is 6.47. The fourth-order valence-electron chi connectivity index (χ4n) is 1.42. The summed E-state index contributed by atoms with van der Waals surface area (Å²) < 4.78 is 67.4. The summed E-state index contributed by atoms with van der Waals surface area (Å²) in [5.74, 6) is -0.919. The van der Waals surface area contributed by atoms with Crippen LogP contribution in [0.5, 0.6) is 0 Å². The molecule has 3 nitrogen and oxygen atoms in total. The maximum absolute atomic E-state index is 12.8. The average molecular weight is 362 g/mol. The molecule has 0 radical (unpaired) electrons. The van der Waals surface area contributed by atoms with Crippen molar-refractivity contribution in [3.05, 3.63) is 27.5 Å². The number of carbonyl (C=O) groups excluding carboxylic acids is 1. The second-order valence-corrected chi connectivity index (χ2v) is 4.49. The molecule has 0 aliphatic heterocycles. The van der Waals surface area contributed by atoms with E-state index in [0.717, 1.165) is 0 Å². The lowest BCUT2D eigenvalue weighted by atomic mass is 10.1. The van der Waals surface area contributed by atoms with E-state index in [9.17, 15) is 26.7 Å². The number of pyridine rings is 1. The molecule has 0 fully saturated rings. The van der Waals surface area contributed by atoms with E-state index in [-0.39, 0.29) is 6.61 Å². The summed E-state index contributed by atoms with van der Waals surface area (Å²) in [6, 6.07) is 0.620. The molecule has 0 aliphatic carbocycles. The van der Waals surface area contributed by atoms with Crippen LogP contribution in [0.2, 0.25) is 0 Å². The van der Waals surface area contributed by atoms with Gasteiger partial charge in [0.15, 0.2) is 5.69 Å². The minimum absolute atomic E-state index is 0.00843. The highest BCUT2D eigenvalue weighted by molar-refractivity contribution is 9.10. The maximum atomic E-state index is 12.8. The Morgan fingerprint density at radius 1 is 1.45 bits per heavy atom. The lowest BCUT2D eigenvalue weighted by molar-refractivity contribution is -0.144. The number of esters is 1. The summed E-state index contributed by atoms with van der Waals surface area (Å²) >= 11 is 2.55. The lowest BCUT2D eigenvalue weighted by Gasteiger charge is -2.14. The van der Waals surface area contributed by atoms with Gasteiger partial charge in [-0.2, -0.15) is 13.2 Å². The van der Waals surface area contributed by atoms with E-state index >= 15 is 0 Å². The van der Waals surface area contributed by atoms with Crippen molar-refractivity contribution in [2.24, 2.45) is 0 Å². The van der Waals surface area contributed by atoms with Gasteiger partial charge in [0.2, 0.25) is 0 Å². The molecule has 1 aromatic rings. The van der Waals surface area contributed by atoms with E-state index in [1.54, 1.807) is 0 Å². The van der Waals surface area contributed by atoms with Crippen LogP contribution in [0.3, 0.4) is 0 Å². The molecule has 0 saturated heterocycles. The summed E-state index contributed by atoms with van der Waals surface area (Å²) in [4.78, 5) is 14.4. The number of hydrogen-bond acceptors (Lipinski definition) is 3. The van der Waals surface area contributed by atoms with Gasteiger partial charge in [-0.05, 0) is 28.9 Å². The van der Waals surface area contributed by atoms with Crippen molar-refractivity contribution in [2.45, 2.75) is 25.9 Å². The zero-order valence-electron chi connectivity index (χ0n) is 10.1. The first kappa shape index (κ1) is 16.8. The number of rotatable bonds is 4. The van der Waals surface area contributed by atoms with Crippen LogP contribution in [0, 0.1) is 0 Å². The number of alkyl halides is 5. The third kappa shape index (κ3) is 4.12. The van der Waals surface area contributed by atoms with Crippen molar-refractivity contribution in [3.63, 3.8) is 0 Å². The standard InChI is InChI=1S/C11H9BrF5NO2/c1-2-20-8(19)4-7-5(10(13)14)3-6(12)9(18-7)11(15,16)17/h3,10H,2,4H2,1H3. The van der Waals surface area contributed by atoms with Crippen molar-refractivity contribution in [1.82, 2.24) is 4.98 Å². The molecule has 0 N–H and O–H groups in total. The Hall–Kier alpha value is -1.25. The van der Waals surface area contributed by atoms with E-state index in [1.807, 2.05) is 0 Å². The smallest absolute Gasteiger partial charge is 0.434 e. The molecular formula is C11H9BrF5NO2. The van der Waals surface area contributed by atoms with E-state index < -0.39 is 46.4 Å². The van der Waals surface area contributed by atoms with E-state index in [1.165, 1.54) is 6.92 Å². The molecule has 0 aliphatic rings. The van der Waals surface area contributed by atoms with Gasteiger partial charge in [-0.1, -0.05) is 0 Å². The topological polar surface area (TPSA) is 39.2 Å². The molecule has 0 bridgehead atoms. The molecule has 0 spiro atoms. The molecular weight excluding hydrogens is 353 g/mol. The zero-order valence-corrected chi connectivity index (χ0v) is 11.7. The minimum Gasteiger partial charge on any atom is -0.466 e. The number of aromatic nitrogens is 1. The number of hydrogen-bond donors (Lipinski definition) is 0. The normalized spacial score (nSPS) is 11.8. The number of halogens is 6. The SMILES string of the molecule is CCOC(=O)Cc1nc(C(F)(F)F)c(Br)cc1C(F)F. The van der Waals surface area contributed by atoms with Crippen LogP contribution in [0.4, 0.5) is 22.0 Å². The highest BCUT2D eigenvalue weighted by atomic mass is 79.9. The molecule has 9 heteroatoms. The van der Waals surface area contributed by atoms with Crippen LogP contribution in [-0.2, 0) is 22.1 Å². The van der Waals surface area contributed by atoms with Crippen molar-refractivity contribution in [3.8, 4) is 0 Å². The van der Waals surface area contributed by atoms with Gasteiger partial charge in [0, 0.05) is 10.0 Å². The maximum Gasteiger partial charge on any atom is 0.434 e. The van der Waals surface area contributed by atoms with Gasteiger partial charge in [-0.15, -0.1) is 0 Å². The molecule has 0 atom stereocenters. The van der Waals surface area contributed by atoms with Gasteiger partial charge < -0.3 is 4.74 Å². The Balaban J connectivity index is 3.27. The Kier molecular flexibility index (Phi) is 5.43. The van der Waals surface area contributed by atoms with E-state index in [2.05, 4.69) is 25.7 Å². The third-order valence-corrected chi connectivity index (χ3v) is 2.81. The van der Waals surface area contributed by atoms with Crippen molar-refractivity contribution < 1.29 is 31.5 Å². The number of nitrogens with zero attached hydrogens (tertiary/aromatic N) is 1. The van der Waals surface area contributed by atoms with Gasteiger partial charge in [-0.3, -0.25) is 4.79 Å². The lowest BCUT2D eigenvalue weighted by Crippen LogP contribution is -2.16. The van der Waals surface area contributed by atoms with Crippen LogP contribution in [0.1, 0.15) is 30.3 Å². The van der Waals surface area contributed by atoms with Gasteiger partial charge in [-0.25, -0.2) is 13.8 Å². The highest BCUT2D eigenvalue weighted by Gasteiger charge is 2.36.